The molecule has 3 rings (SSSR count). The summed E-state index contributed by atoms with van der Waals surface area (Å²) in [5.74, 6) is 1.60. The Bertz CT molecular complexity index is 1020. The van der Waals surface area contributed by atoms with Crippen LogP contribution in [0.3, 0.4) is 0 Å². The number of methoxy groups -OCH3 is 1. The summed E-state index contributed by atoms with van der Waals surface area (Å²) < 4.78 is 46.9. The molecule has 0 aliphatic rings. The number of hydrogen-bond donors (Lipinski definition) is 0. The molecule has 0 aliphatic carbocycles. The van der Waals surface area contributed by atoms with Crippen molar-refractivity contribution in [3.63, 3.8) is 0 Å². The van der Waals surface area contributed by atoms with Gasteiger partial charge in [-0.15, -0.1) is 0 Å². The van der Waals surface area contributed by atoms with Crippen molar-refractivity contribution >= 4 is 7.82 Å². The summed E-state index contributed by atoms with van der Waals surface area (Å²) in [5.41, 5.74) is 1.08. The Balaban J connectivity index is 1.45. The van der Waals surface area contributed by atoms with E-state index >= 15 is 0 Å². The van der Waals surface area contributed by atoms with Gasteiger partial charge in [0, 0.05) is 6.61 Å². The maximum absolute atomic E-state index is 13.5. The van der Waals surface area contributed by atoms with E-state index in [0.717, 1.165) is 24.2 Å². The van der Waals surface area contributed by atoms with Crippen LogP contribution in [0.25, 0.3) is 0 Å². The first kappa shape index (κ1) is 26.2. The highest BCUT2D eigenvalue weighted by molar-refractivity contribution is 7.49. The average Bonchev–Trinajstić information content (AvgIpc) is 2.89. The van der Waals surface area contributed by atoms with Gasteiger partial charge in [-0.05, 0) is 67.8 Å². The molecule has 0 amide bonds. The standard InChI is InChI=1S/C27H31O7P/c1-3-27(31-21-11-10-20-30-22-23-16-18-24(29-2)19-17-23)34-35(28,32-25-12-6-4-7-13-25)33-26-14-8-5-9-15-26/h3-9,12-19H,10-11,20-22H2,1-2H3/b27-3+. The second-order valence-corrected chi connectivity index (χ2v) is 8.85. The molecule has 0 aromatic heterocycles. The maximum atomic E-state index is 13.5. The Morgan fingerprint density at radius 3 is 1.89 bits per heavy atom. The number of rotatable bonds is 15. The van der Waals surface area contributed by atoms with Gasteiger partial charge in [-0.1, -0.05) is 48.5 Å². The minimum Gasteiger partial charge on any atom is -0.497 e. The van der Waals surface area contributed by atoms with Gasteiger partial charge in [-0.2, -0.15) is 4.57 Å². The molecule has 0 aliphatic heterocycles. The molecule has 0 saturated heterocycles. The molecule has 35 heavy (non-hydrogen) atoms. The SMILES string of the molecule is C/C=C(\OCCCCOCc1ccc(OC)cc1)OP(=O)(Oc1ccccc1)Oc1ccccc1. The van der Waals surface area contributed by atoms with Gasteiger partial charge in [0.25, 0.3) is 5.95 Å². The quantitative estimate of drug-likeness (QED) is 0.125. The van der Waals surface area contributed by atoms with Crippen molar-refractivity contribution in [2.45, 2.75) is 26.4 Å². The molecule has 0 spiro atoms. The molecular formula is C27H31O7P. The third kappa shape index (κ3) is 9.39. The van der Waals surface area contributed by atoms with Gasteiger partial charge in [0.15, 0.2) is 0 Å². The van der Waals surface area contributed by atoms with Gasteiger partial charge in [0.05, 0.1) is 20.3 Å². The fourth-order valence-electron chi connectivity index (χ4n) is 2.94. The fraction of sp³-hybridized carbons (Fsp3) is 0.259. The monoisotopic (exact) mass is 498 g/mol. The predicted octanol–water partition coefficient (Wildman–Crippen LogP) is 7.15. The van der Waals surface area contributed by atoms with Gasteiger partial charge < -0.3 is 27.8 Å². The lowest BCUT2D eigenvalue weighted by atomic mass is 10.2. The highest BCUT2D eigenvalue weighted by Crippen LogP contribution is 2.51. The van der Waals surface area contributed by atoms with Gasteiger partial charge in [0.2, 0.25) is 0 Å². The van der Waals surface area contributed by atoms with E-state index in [2.05, 4.69) is 0 Å². The largest absolute Gasteiger partial charge is 0.649 e. The first-order valence-electron chi connectivity index (χ1n) is 11.4. The second-order valence-electron chi connectivity index (χ2n) is 7.41. The molecule has 3 aromatic rings. The number of hydrogen-bond acceptors (Lipinski definition) is 7. The van der Waals surface area contributed by atoms with Gasteiger partial charge in [-0.25, -0.2) is 0 Å². The lowest BCUT2D eigenvalue weighted by molar-refractivity contribution is 0.0739. The Morgan fingerprint density at radius 1 is 0.771 bits per heavy atom. The smallest absolute Gasteiger partial charge is 0.497 e. The highest BCUT2D eigenvalue weighted by Gasteiger charge is 2.34. The molecule has 0 saturated carbocycles. The van der Waals surface area contributed by atoms with Crippen molar-refractivity contribution in [2.24, 2.45) is 0 Å². The summed E-state index contributed by atoms with van der Waals surface area (Å²) in [6, 6.07) is 25.2. The van der Waals surface area contributed by atoms with E-state index in [0.29, 0.717) is 31.3 Å². The summed E-state index contributed by atoms with van der Waals surface area (Å²) in [6.07, 6.45) is 3.11. The van der Waals surface area contributed by atoms with Crippen LogP contribution in [0.1, 0.15) is 25.3 Å². The molecule has 8 heteroatoms. The van der Waals surface area contributed by atoms with Crippen LogP contribution in [-0.2, 0) is 25.2 Å². The van der Waals surface area contributed by atoms with Crippen LogP contribution in [-0.4, -0.2) is 20.3 Å². The maximum Gasteiger partial charge on any atom is 0.649 e. The molecule has 0 radical (unpaired) electrons. The molecule has 0 bridgehead atoms. The molecular weight excluding hydrogens is 467 g/mol. The van der Waals surface area contributed by atoms with E-state index in [-0.39, 0.29) is 5.95 Å². The lowest BCUT2D eigenvalue weighted by Gasteiger charge is -2.20. The molecule has 0 fully saturated rings. The lowest BCUT2D eigenvalue weighted by Crippen LogP contribution is -2.08. The normalized spacial score (nSPS) is 11.5. The Morgan fingerprint density at radius 2 is 1.34 bits per heavy atom. The van der Waals surface area contributed by atoms with Crippen molar-refractivity contribution in [2.75, 3.05) is 20.3 Å². The second kappa shape index (κ2) is 14.1. The van der Waals surface area contributed by atoms with E-state index in [1.165, 1.54) is 0 Å². The number of unbranched alkanes of at least 4 members (excludes halogenated alkanes) is 1. The van der Waals surface area contributed by atoms with Gasteiger partial charge in [0.1, 0.15) is 17.2 Å². The molecule has 186 valence electrons. The topological polar surface area (TPSA) is 72.5 Å². The molecule has 0 atom stereocenters. The Kier molecular flexibility index (Phi) is 10.6. The zero-order chi connectivity index (χ0) is 24.8. The van der Waals surface area contributed by atoms with Crippen LogP contribution >= 0.6 is 7.82 Å². The molecule has 0 N–H and O–H groups in total. The first-order chi connectivity index (χ1) is 17.1. The highest BCUT2D eigenvalue weighted by atomic mass is 31.2. The zero-order valence-corrected chi connectivity index (χ0v) is 20.9. The number of phosphoric acid groups is 1. The van der Waals surface area contributed by atoms with E-state index in [4.69, 9.17) is 27.8 Å². The van der Waals surface area contributed by atoms with Crippen molar-refractivity contribution < 1.29 is 32.3 Å². The summed E-state index contributed by atoms with van der Waals surface area (Å²) in [4.78, 5) is 0. The van der Waals surface area contributed by atoms with Crippen LogP contribution in [0.5, 0.6) is 17.2 Å². The minimum absolute atomic E-state index is 0.0688. The number of benzene rings is 3. The van der Waals surface area contributed by atoms with E-state index in [1.54, 1.807) is 68.6 Å². The van der Waals surface area contributed by atoms with Gasteiger partial charge >= 0.3 is 7.82 Å². The van der Waals surface area contributed by atoms with E-state index in [1.807, 2.05) is 36.4 Å². The van der Waals surface area contributed by atoms with Gasteiger partial charge in [-0.3, -0.25) is 0 Å². The molecule has 3 aromatic carbocycles. The van der Waals surface area contributed by atoms with Crippen LogP contribution in [0.2, 0.25) is 0 Å². The number of allylic oxidation sites excluding steroid dienone is 1. The molecule has 0 unspecified atom stereocenters. The minimum atomic E-state index is -4.07. The van der Waals surface area contributed by atoms with Crippen molar-refractivity contribution in [1.29, 1.82) is 0 Å². The van der Waals surface area contributed by atoms with Crippen molar-refractivity contribution in [1.82, 2.24) is 0 Å². The number of para-hydroxylation sites is 2. The fourth-order valence-corrected chi connectivity index (χ4v) is 4.19. The first-order valence-corrected chi connectivity index (χ1v) is 12.8. The average molecular weight is 499 g/mol. The van der Waals surface area contributed by atoms with Crippen LogP contribution in [0.4, 0.5) is 0 Å². The van der Waals surface area contributed by atoms with Crippen LogP contribution in [0.15, 0.2) is 97.0 Å². The molecule has 7 nitrogen and oxygen atoms in total. The Hall–Kier alpha value is -3.41. The van der Waals surface area contributed by atoms with Crippen molar-refractivity contribution in [3.05, 3.63) is 103 Å². The summed E-state index contributed by atoms with van der Waals surface area (Å²) >= 11 is 0. The van der Waals surface area contributed by atoms with Crippen molar-refractivity contribution in [3.8, 4) is 17.2 Å². The summed E-state index contributed by atoms with van der Waals surface area (Å²) in [5, 5.41) is 0. The van der Waals surface area contributed by atoms with E-state index in [9.17, 15) is 4.57 Å². The zero-order valence-electron chi connectivity index (χ0n) is 20.0. The van der Waals surface area contributed by atoms with Crippen LogP contribution in [0, 0.1) is 0 Å². The Labute approximate surface area is 206 Å². The predicted molar refractivity (Wildman–Crippen MR) is 134 cm³/mol. The third-order valence-corrected chi connectivity index (χ3v) is 5.99. The summed E-state index contributed by atoms with van der Waals surface area (Å²) in [6.45, 7) is 3.21. The van der Waals surface area contributed by atoms with E-state index < -0.39 is 7.82 Å². The summed E-state index contributed by atoms with van der Waals surface area (Å²) in [7, 11) is -2.43. The number of phosphoric ester groups is 1. The third-order valence-electron chi connectivity index (χ3n) is 4.71. The van der Waals surface area contributed by atoms with Crippen LogP contribution < -0.4 is 13.8 Å². The number of ether oxygens (including phenoxy) is 3. The molecule has 0 heterocycles.